The van der Waals surface area contributed by atoms with Gasteiger partial charge in [0.1, 0.15) is 11.4 Å². The average molecular weight is 328 g/mol. The van der Waals surface area contributed by atoms with Crippen LogP contribution in [0.2, 0.25) is 0 Å². The van der Waals surface area contributed by atoms with Gasteiger partial charge in [-0.15, -0.1) is 0 Å². The SMILES string of the molecule is COc1ccc(-c2cc(CN(C(=O)CC(C)C)C3CC3)no2)cc1. The summed E-state index contributed by atoms with van der Waals surface area (Å²) in [4.78, 5) is 14.4. The van der Waals surface area contributed by atoms with Crippen LogP contribution < -0.4 is 4.74 Å². The summed E-state index contributed by atoms with van der Waals surface area (Å²) in [7, 11) is 1.64. The van der Waals surface area contributed by atoms with Crippen LogP contribution in [-0.2, 0) is 11.3 Å². The Morgan fingerprint density at radius 2 is 2.04 bits per heavy atom. The molecule has 1 saturated carbocycles. The molecule has 1 amide bonds. The van der Waals surface area contributed by atoms with Crippen molar-refractivity contribution in [2.24, 2.45) is 5.92 Å². The number of carbonyl (C=O) groups excluding carboxylic acids is 1. The fourth-order valence-electron chi connectivity index (χ4n) is 2.73. The number of carbonyl (C=O) groups is 1. The summed E-state index contributed by atoms with van der Waals surface area (Å²) in [5.74, 6) is 2.09. The maximum Gasteiger partial charge on any atom is 0.223 e. The number of hydrogen-bond donors (Lipinski definition) is 0. The average Bonchev–Trinajstić information content (AvgIpc) is 3.30. The van der Waals surface area contributed by atoms with E-state index in [0.717, 1.165) is 29.8 Å². The van der Waals surface area contributed by atoms with E-state index < -0.39 is 0 Å². The predicted octanol–water partition coefficient (Wildman–Crippen LogP) is 3.89. The zero-order valence-electron chi connectivity index (χ0n) is 14.5. The Balaban J connectivity index is 1.70. The van der Waals surface area contributed by atoms with E-state index in [1.54, 1.807) is 7.11 Å². The first-order valence-corrected chi connectivity index (χ1v) is 8.46. The number of rotatable bonds is 7. The molecule has 1 fully saturated rings. The smallest absolute Gasteiger partial charge is 0.223 e. The minimum Gasteiger partial charge on any atom is -0.497 e. The second-order valence-corrected chi connectivity index (χ2v) is 6.76. The first-order valence-electron chi connectivity index (χ1n) is 8.46. The molecule has 1 aromatic carbocycles. The van der Waals surface area contributed by atoms with Crippen LogP contribution in [0.25, 0.3) is 11.3 Å². The molecule has 0 unspecified atom stereocenters. The van der Waals surface area contributed by atoms with Gasteiger partial charge in [0.25, 0.3) is 0 Å². The third-order valence-electron chi connectivity index (χ3n) is 4.16. The van der Waals surface area contributed by atoms with Gasteiger partial charge >= 0.3 is 0 Å². The maximum absolute atomic E-state index is 12.4. The van der Waals surface area contributed by atoms with Crippen molar-refractivity contribution in [1.29, 1.82) is 0 Å². The summed E-state index contributed by atoms with van der Waals surface area (Å²) >= 11 is 0. The molecule has 0 atom stereocenters. The van der Waals surface area contributed by atoms with Gasteiger partial charge in [0.15, 0.2) is 5.76 Å². The highest BCUT2D eigenvalue weighted by atomic mass is 16.5. The van der Waals surface area contributed by atoms with E-state index in [-0.39, 0.29) is 5.91 Å². The predicted molar refractivity (Wildman–Crippen MR) is 91.5 cm³/mol. The van der Waals surface area contributed by atoms with Crippen LogP contribution >= 0.6 is 0 Å². The van der Waals surface area contributed by atoms with Crippen molar-refractivity contribution in [2.75, 3.05) is 7.11 Å². The van der Waals surface area contributed by atoms with Crippen LogP contribution in [0.3, 0.4) is 0 Å². The summed E-state index contributed by atoms with van der Waals surface area (Å²) in [6, 6.07) is 9.94. The van der Waals surface area contributed by atoms with Crippen LogP contribution in [-0.4, -0.2) is 29.1 Å². The van der Waals surface area contributed by atoms with Gasteiger partial charge < -0.3 is 14.2 Å². The Bertz CT molecular complexity index is 687. The van der Waals surface area contributed by atoms with Gasteiger partial charge in [0.2, 0.25) is 5.91 Å². The van der Waals surface area contributed by atoms with Crippen LogP contribution in [0.4, 0.5) is 0 Å². The van der Waals surface area contributed by atoms with E-state index in [9.17, 15) is 4.79 Å². The van der Waals surface area contributed by atoms with E-state index in [2.05, 4.69) is 19.0 Å². The highest BCUT2D eigenvalue weighted by molar-refractivity contribution is 5.77. The van der Waals surface area contributed by atoms with Crippen LogP contribution in [0.1, 0.15) is 38.8 Å². The minimum atomic E-state index is 0.210. The molecule has 0 radical (unpaired) electrons. The maximum atomic E-state index is 12.4. The summed E-state index contributed by atoms with van der Waals surface area (Å²) in [5.41, 5.74) is 1.74. The number of ether oxygens (including phenoxy) is 1. The normalized spacial score (nSPS) is 14.0. The summed E-state index contributed by atoms with van der Waals surface area (Å²) in [5, 5.41) is 4.15. The van der Waals surface area contributed by atoms with Gasteiger partial charge in [0, 0.05) is 24.1 Å². The lowest BCUT2D eigenvalue weighted by Crippen LogP contribution is -2.33. The largest absolute Gasteiger partial charge is 0.497 e. The Hall–Kier alpha value is -2.30. The first-order chi connectivity index (χ1) is 11.6. The topological polar surface area (TPSA) is 55.6 Å². The molecular formula is C19H24N2O3. The van der Waals surface area contributed by atoms with Crippen molar-refractivity contribution >= 4 is 5.91 Å². The fourth-order valence-corrected chi connectivity index (χ4v) is 2.73. The van der Waals surface area contributed by atoms with Gasteiger partial charge in [-0.2, -0.15) is 0 Å². The second kappa shape index (κ2) is 7.07. The second-order valence-electron chi connectivity index (χ2n) is 6.76. The fraction of sp³-hybridized carbons (Fsp3) is 0.474. The molecular weight excluding hydrogens is 304 g/mol. The quantitative estimate of drug-likeness (QED) is 0.774. The van der Waals surface area contributed by atoms with Crippen molar-refractivity contribution in [3.63, 3.8) is 0 Å². The summed E-state index contributed by atoms with van der Waals surface area (Å²) in [6.07, 6.45) is 2.76. The van der Waals surface area contributed by atoms with E-state index in [1.165, 1.54) is 0 Å². The molecule has 24 heavy (non-hydrogen) atoms. The molecule has 5 heteroatoms. The van der Waals surface area contributed by atoms with Gasteiger partial charge in [0.05, 0.1) is 13.7 Å². The van der Waals surface area contributed by atoms with E-state index in [1.807, 2.05) is 35.2 Å². The molecule has 1 aliphatic carbocycles. The molecule has 0 aliphatic heterocycles. The minimum absolute atomic E-state index is 0.210. The molecule has 2 aromatic rings. The summed E-state index contributed by atoms with van der Waals surface area (Å²) in [6.45, 7) is 4.66. The molecule has 0 spiro atoms. The lowest BCUT2D eigenvalue weighted by Gasteiger charge is -2.22. The van der Waals surface area contributed by atoms with Crippen LogP contribution in [0.5, 0.6) is 5.75 Å². The number of hydrogen-bond acceptors (Lipinski definition) is 4. The van der Waals surface area contributed by atoms with Gasteiger partial charge in [-0.3, -0.25) is 4.79 Å². The van der Waals surface area contributed by atoms with Gasteiger partial charge in [-0.05, 0) is 43.0 Å². The standard InChI is InChI=1S/C19H24N2O3/c1-13(2)10-19(22)21(16-6-7-16)12-15-11-18(24-20-15)14-4-8-17(23-3)9-5-14/h4-5,8-9,11,13,16H,6-7,10,12H2,1-3H3. The van der Waals surface area contributed by atoms with E-state index in [0.29, 0.717) is 30.7 Å². The number of benzene rings is 1. The Morgan fingerprint density at radius 1 is 1.33 bits per heavy atom. The third kappa shape index (κ3) is 3.96. The van der Waals surface area contributed by atoms with Gasteiger partial charge in [-0.1, -0.05) is 19.0 Å². The highest BCUT2D eigenvalue weighted by Gasteiger charge is 2.33. The summed E-state index contributed by atoms with van der Waals surface area (Å²) < 4.78 is 10.6. The first kappa shape index (κ1) is 16.6. The molecule has 5 nitrogen and oxygen atoms in total. The van der Waals surface area contributed by atoms with Crippen molar-refractivity contribution < 1.29 is 14.1 Å². The van der Waals surface area contributed by atoms with Crippen molar-refractivity contribution in [1.82, 2.24) is 10.1 Å². The molecule has 1 aromatic heterocycles. The lowest BCUT2D eigenvalue weighted by atomic mass is 10.1. The van der Waals surface area contributed by atoms with E-state index >= 15 is 0 Å². The molecule has 128 valence electrons. The lowest BCUT2D eigenvalue weighted by molar-refractivity contribution is -0.133. The van der Waals surface area contributed by atoms with Crippen LogP contribution in [0.15, 0.2) is 34.9 Å². The highest BCUT2D eigenvalue weighted by Crippen LogP contribution is 2.30. The molecule has 0 bridgehead atoms. The number of methoxy groups -OCH3 is 1. The van der Waals surface area contributed by atoms with Gasteiger partial charge in [-0.25, -0.2) is 0 Å². The third-order valence-corrected chi connectivity index (χ3v) is 4.16. The zero-order valence-corrected chi connectivity index (χ0v) is 14.5. The Kier molecular flexibility index (Phi) is 4.88. The Labute approximate surface area is 142 Å². The monoisotopic (exact) mass is 328 g/mol. The molecule has 0 saturated heterocycles. The van der Waals surface area contributed by atoms with E-state index in [4.69, 9.17) is 9.26 Å². The number of amides is 1. The van der Waals surface area contributed by atoms with Crippen molar-refractivity contribution in [2.45, 2.75) is 45.7 Å². The van der Waals surface area contributed by atoms with Crippen LogP contribution in [0, 0.1) is 5.92 Å². The molecule has 1 heterocycles. The zero-order chi connectivity index (χ0) is 17.1. The van der Waals surface area contributed by atoms with Crippen molar-refractivity contribution in [3.05, 3.63) is 36.0 Å². The number of aromatic nitrogens is 1. The van der Waals surface area contributed by atoms with Crippen molar-refractivity contribution in [3.8, 4) is 17.1 Å². The number of nitrogens with zero attached hydrogens (tertiary/aromatic N) is 2. The molecule has 0 N–H and O–H groups in total. The molecule has 3 rings (SSSR count). The Morgan fingerprint density at radius 3 is 2.62 bits per heavy atom. The molecule has 1 aliphatic rings.